The van der Waals surface area contributed by atoms with Crippen LogP contribution >= 0.6 is 11.6 Å². The van der Waals surface area contributed by atoms with Gasteiger partial charge in [0, 0.05) is 5.56 Å². The quantitative estimate of drug-likeness (QED) is 0.128. The van der Waals surface area contributed by atoms with E-state index in [-0.39, 0.29) is 12.2 Å². The summed E-state index contributed by atoms with van der Waals surface area (Å²) >= 11 is 6.17. The van der Waals surface area contributed by atoms with E-state index in [9.17, 15) is 4.79 Å². The third kappa shape index (κ3) is 6.80. The van der Waals surface area contributed by atoms with Crippen LogP contribution in [0.25, 0.3) is 11.3 Å². The van der Waals surface area contributed by atoms with Gasteiger partial charge in [0.25, 0.3) is 0 Å². The predicted molar refractivity (Wildman–Crippen MR) is 153 cm³/mol. The number of nitrogens with one attached hydrogen (secondary N) is 3. The molecule has 0 saturated carbocycles. The average molecular weight is 554 g/mol. The van der Waals surface area contributed by atoms with Crippen molar-refractivity contribution in [2.75, 3.05) is 12.0 Å². The Morgan fingerprint density at radius 2 is 1.70 bits per heavy atom. The Balaban J connectivity index is 1.39. The van der Waals surface area contributed by atoms with Gasteiger partial charge in [-0.05, 0) is 61.5 Å². The molecule has 40 heavy (non-hydrogen) atoms. The molecule has 0 radical (unpaired) electrons. The molecule has 2 aromatic heterocycles. The Morgan fingerprint density at radius 3 is 2.42 bits per heavy atom. The van der Waals surface area contributed by atoms with E-state index in [1.165, 1.54) is 6.21 Å². The number of nitrogens with zero attached hydrogens (tertiary/aromatic N) is 4. The number of H-pyrrole nitrogens is 2. The number of esters is 1. The molecule has 0 amide bonds. The number of carbonyl (C=O) groups is 1. The van der Waals surface area contributed by atoms with Crippen molar-refractivity contribution < 1.29 is 13.9 Å². The van der Waals surface area contributed by atoms with E-state index in [0.717, 1.165) is 11.4 Å². The molecule has 11 heteroatoms. The van der Waals surface area contributed by atoms with E-state index in [1.807, 2.05) is 60.7 Å². The minimum absolute atomic E-state index is 0.253. The lowest BCUT2D eigenvalue weighted by Gasteiger charge is -2.05. The summed E-state index contributed by atoms with van der Waals surface area (Å²) in [6.07, 6.45) is 1.50. The number of hydrogen-bond acceptors (Lipinski definition) is 8. The third-order valence-electron chi connectivity index (χ3n) is 5.41. The number of benzene rings is 3. The Morgan fingerprint density at radius 1 is 0.975 bits per heavy atom. The van der Waals surface area contributed by atoms with Crippen LogP contribution in [0.5, 0.6) is 0 Å². The lowest BCUT2D eigenvalue weighted by molar-refractivity contribution is 0.0526. The van der Waals surface area contributed by atoms with Gasteiger partial charge in [-0.25, -0.2) is 20.2 Å². The number of anilines is 1. The maximum absolute atomic E-state index is 12.2. The number of halogens is 1. The van der Waals surface area contributed by atoms with Gasteiger partial charge in [0.15, 0.2) is 0 Å². The van der Waals surface area contributed by atoms with Gasteiger partial charge in [-0.3, -0.25) is 9.97 Å². The van der Waals surface area contributed by atoms with Crippen LogP contribution in [0.15, 0.2) is 110 Å². The zero-order valence-electron chi connectivity index (χ0n) is 21.3. The number of furan rings is 1. The van der Waals surface area contributed by atoms with Gasteiger partial charge in [-0.1, -0.05) is 48.0 Å². The Hall–Kier alpha value is -5.22. The zero-order valence-corrected chi connectivity index (χ0v) is 22.1. The summed E-state index contributed by atoms with van der Waals surface area (Å²) in [4.78, 5) is 31.9. The highest BCUT2D eigenvalue weighted by molar-refractivity contribution is 6.33. The average Bonchev–Trinajstić information content (AvgIpc) is 3.43. The van der Waals surface area contributed by atoms with Crippen LogP contribution in [-0.2, 0) is 4.74 Å². The lowest BCUT2D eigenvalue weighted by Crippen LogP contribution is -2.28. The van der Waals surface area contributed by atoms with Crippen LogP contribution in [-0.4, -0.2) is 33.7 Å². The van der Waals surface area contributed by atoms with Crippen molar-refractivity contribution in [3.8, 4) is 11.3 Å². The molecule has 0 aliphatic rings. The minimum atomic E-state index is -0.493. The first-order valence-corrected chi connectivity index (χ1v) is 12.7. The van der Waals surface area contributed by atoms with Gasteiger partial charge in [0.2, 0.25) is 17.2 Å². The van der Waals surface area contributed by atoms with E-state index in [2.05, 4.69) is 35.5 Å². The summed E-state index contributed by atoms with van der Waals surface area (Å²) in [5.74, 6) is 0.826. The summed E-state index contributed by atoms with van der Waals surface area (Å²) in [6.45, 7) is 1.99. The second kappa shape index (κ2) is 12.5. The van der Waals surface area contributed by atoms with Crippen LogP contribution < -0.4 is 16.7 Å². The van der Waals surface area contributed by atoms with E-state index in [0.29, 0.717) is 39.3 Å². The fourth-order valence-corrected chi connectivity index (χ4v) is 3.80. The molecule has 10 nitrogen and oxygen atoms in total. The molecule has 5 aromatic rings. The van der Waals surface area contributed by atoms with Crippen molar-refractivity contribution in [3.05, 3.63) is 119 Å². The summed E-state index contributed by atoms with van der Waals surface area (Å²) in [6, 6.07) is 27.5. The number of ether oxygens (including phenoxy) is 1. The molecule has 3 aromatic carbocycles. The third-order valence-corrected chi connectivity index (χ3v) is 5.74. The molecule has 2 heterocycles. The van der Waals surface area contributed by atoms with Crippen LogP contribution in [0.2, 0.25) is 5.02 Å². The molecule has 0 bridgehead atoms. The molecule has 0 atom stereocenters. The molecule has 0 fully saturated rings. The number of aromatic amines is 2. The van der Waals surface area contributed by atoms with Crippen LogP contribution in [0.4, 0.5) is 17.3 Å². The number of aromatic nitrogens is 3. The maximum Gasteiger partial charge on any atom is 0.339 e. The van der Waals surface area contributed by atoms with E-state index < -0.39 is 5.97 Å². The van der Waals surface area contributed by atoms with Gasteiger partial charge in [0.1, 0.15) is 11.5 Å². The highest BCUT2D eigenvalue weighted by Gasteiger charge is 2.14. The van der Waals surface area contributed by atoms with Crippen molar-refractivity contribution in [3.63, 3.8) is 0 Å². The molecule has 3 N–H and O–H groups in total. The molecule has 0 spiro atoms. The van der Waals surface area contributed by atoms with Crippen molar-refractivity contribution in [2.45, 2.75) is 6.92 Å². The molecule has 5 rings (SSSR count). The molecular formula is C29H24ClN7O3. The molecule has 0 unspecified atom stereocenters. The van der Waals surface area contributed by atoms with Crippen LogP contribution in [0.1, 0.15) is 23.0 Å². The lowest BCUT2D eigenvalue weighted by atomic mass is 10.1. The van der Waals surface area contributed by atoms with E-state index in [4.69, 9.17) is 20.8 Å². The van der Waals surface area contributed by atoms with Crippen molar-refractivity contribution >= 4 is 41.1 Å². The SMILES string of the molecule is CCOC(=O)c1cc(-c2ccc(/C=N\Nc3nc(=Nc4ccccc4)[nH]c(=Nc4ccccc4)[nH]3)o2)ccc1Cl. The summed E-state index contributed by atoms with van der Waals surface area (Å²) in [7, 11) is 0. The van der Waals surface area contributed by atoms with Crippen molar-refractivity contribution in [1.82, 2.24) is 15.0 Å². The van der Waals surface area contributed by atoms with Crippen LogP contribution in [0, 0.1) is 0 Å². The first-order valence-electron chi connectivity index (χ1n) is 12.3. The van der Waals surface area contributed by atoms with Gasteiger partial charge in [-0.2, -0.15) is 10.1 Å². The summed E-state index contributed by atoms with van der Waals surface area (Å²) in [5, 5.41) is 4.55. The highest BCUT2D eigenvalue weighted by atomic mass is 35.5. The van der Waals surface area contributed by atoms with Gasteiger partial charge < -0.3 is 9.15 Å². The van der Waals surface area contributed by atoms with Crippen LogP contribution in [0.3, 0.4) is 0 Å². The summed E-state index contributed by atoms with van der Waals surface area (Å²) in [5.41, 5.74) is 6.04. The van der Waals surface area contributed by atoms with Gasteiger partial charge >= 0.3 is 5.97 Å². The molecule has 0 aliphatic carbocycles. The number of hydrazone groups is 1. The first kappa shape index (κ1) is 26.4. The van der Waals surface area contributed by atoms with Crippen molar-refractivity contribution in [2.24, 2.45) is 15.1 Å². The largest absolute Gasteiger partial charge is 0.462 e. The number of para-hydroxylation sites is 2. The van der Waals surface area contributed by atoms with E-state index >= 15 is 0 Å². The smallest absolute Gasteiger partial charge is 0.339 e. The van der Waals surface area contributed by atoms with Crippen molar-refractivity contribution in [1.29, 1.82) is 0 Å². The Bertz CT molecular complexity index is 1710. The molecule has 0 saturated heterocycles. The standard InChI is InChI=1S/C29H24ClN7O3/c1-2-39-26(38)23-17-19(13-15-24(23)30)25-16-14-22(40-25)18-31-37-29-35-27(32-20-9-5-3-6-10-20)34-28(36-29)33-21-11-7-4-8-12-21/h3-18H,2H2,1H3,(H3,32,33,34,35,36,37)/b31-18-. The number of rotatable bonds is 8. The minimum Gasteiger partial charge on any atom is -0.462 e. The monoisotopic (exact) mass is 553 g/mol. The molecule has 0 aliphatic heterocycles. The predicted octanol–water partition coefficient (Wildman–Crippen LogP) is 5.74. The van der Waals surface area contributed by atoms with Gasteiger partial charge in [0.05, 0.1) is 34.8 Å². The fourth-order valence-electron chi connectivity index (χ4n) is 3.61. The second-order valence-electron chi connectivity index (χ2n) is 8.26. The number of carbonyl (C=O) groups excluding carboxylic acids is 1. The topological polar surface area (TPSA) is 133 Å². The number of hydrogen-bond donors (Lipinski definition) is 3. The normalized spacial score (nSPS) is 12.2. The summed E-state index contributed by atoms with van der Waals surface area (Å²) < 4.78 is 11.0. The van der Waals surface area contributed by atoms with Gasteiger partial charge in [-0.15, -0.1) is 0 Å². The maximum atomic E-state index is 12.2. The Kier molecular flexibility index (Phi) is 8.28. The Labute approximate surface area is 233 Å². The first-order chi connectivity index (χ1) is 19.6. The van der Waals surface area contributed by atoms with E-state index in [1.54, 1.807) is 37.3 Å². The molecular weight excluding hydrogens is 530 g/mol. The second-order valence-corrected chi connectivity index (χ2v) is 8.67. The fraction of sp³-hybridized carbons (Fsp3) is 0.0690. The molecule has 200 valence electrons. The zero-order chi connectivity index (χ0) is 27.7. The highest BCUT2D eigenvalue weighted by Crippen LogP contribution is 2.27.